The average Bonchev–Trinajstić information content (AvgIpc) is 3.19. The summed E-state index contributed by atoms with van der Waals surface area (Å²) >= 11 is 0. The molecule has 2 fully saturated rings. The van der Waals surface area contributed by atoms with Gasteiger partial charge in [0.15, 0.2) is 0 Å². The Bertz CT molecular complexity index is 1030. The molecule has 0 spiro atoms. The molecule has 4 rings (SSSR count). The van der Waals surface area contributed by atoms with E-state index < -0.39 is 5.97 Å². The topological polar surface area (TPSA) is 83.7 Å². The number of aromatic amines is 1. The predicted molar refractivity (Wildman–Crippen MR) is 125 cm³/mol. The molecule has 1 amide bonds. The van der Waals surface area contributed by atoms with Gasteiger partial charge in [0.05, 0.1) is 19.4 Å². The summed E-state index contributed by atoms with van der Waals surface area (Å²) < 4.78 is 10.5. The van der Waals surface area contributed by atoms with E-state index in [1.165, 1.54) is 19.3 Å². The van der Waals surface area contributed by atoms with Crippen molar-refractivity contribution in [3.05, 3.63) is 23.9 Å². The van der Waals surface area contributed by atoms with Gasteiger partial charge in [0.1, 0.15) is 11.4 Å². The molecule has 2 N–H and O–H groups in total. The number of methoxy groups -OCH3 is 1. The molecule has 2 heterocycles. The number of hydrogen-bond acceptors (Lipinski definition) is 5. The van der Waals surface area contributed by atoms with Crippen LogP contribution in [0.25, 0.3) is 10.9 Å². The van der Waals surface area contributed by atoms with Crippen molar-refractivity contribution in [2.24, 2.45) is 10.8 Å². The molecule has 2 bridgehead atoms. The van der Waals surface area contributed by atoms with Crippen LogP contribution in [-0.4, -0.2) is 54.6 Å². The van der Waals surface area contributed by atoms with Crippen molar-refractivity contribution in [3.63, 3.8) is 0 Å². The molecule has 1 saturated carbocycles. The Hall–Kier alpha value is -2.54. The number of anilines is 1. The van der Waals surface area contributed by atoms with E-state index in [1.54, 1.807) is 14.0 Å². The number of H-pyrrole nitrogens is 1. The van der Waals surface area contributed by atoms with E-state index in [2.05, 4.69) is 36.0 Å². The number of likely N-dealkylation sites (tertiary alicyclic amines) is 1. The molecule has 1 aromatic carbocycles. The molecule has 32 heavy (non-hydrogen) atoms. The highest BCUT2D eigenvalue weighted by molar-refractivity contribution is 6.11. The third-order valence-electron chi connectivity index (χ3n) is 6.90. The fraction of sp³-hybridized carbons (Fsp3) is 0.600. The minimum atomic E-state index is -0.485. The fourth-order valence-corrected chi connectivity index (χ4v) is 6.07. The van der Waals surface area contributed by atoms with Crippen molar-refractivity contribution in [3.8, 4) is 5.75 Å². The van der Waals surface area contributed by atoms with Crippen LogP contribution < -0.4 is 10.1 Å². The number of hydrogen-bond donors (Lipinski definition) is 2. The van der Waals surface area contributed by atoms with Crippen LogP contribution in [0.15, 0.2) is 18.2 Å². The normalized spacial score (nSPS) is 24.5. The monoisotopic (exact) mass is 441 g/mol. The van der Waals surface area contributed by atoms with Crippen molar-refractivity contribution >= 4 is 28.5 Å². The molecule has 7 heteroatoms. The SMILES string of the molecule is CCOC(=O)c1[nH]c2ccc(OC)cc2c1NC(=O)CCN1CC2(C)CC1CC(C)(C)C2. The maximum atomic E-state index is 13.0. The van der Waals surface area contributed by atoms with Gasteiger partial charge in [-0.25, -0.2) is 4.79 Å². The van der Waals surface area contributed by atoms with E-state index in [9.17, 15) is 9.59 Å². The largest absolute Gasteiger partial charge is 0.497 e. The summed E-state index contributed by atoms with van der Waals surface area (Å²) in [6.07, 6.45) is 4.01. The molecule has 2 atom stereocenters. The Kier molecular flexibility index (Phi) is 5.96. The van der Waals surface area contributed by atoms with Crippen molar-refractivity contribution in [1.82, 2.24) is 9.88 Å². The van der Waals surface area contributed by atoms with Crippen LogP contribution in [0.2, 0.25) is 0 Å². The van der Waals surface area contributed by atoms with Crippen molar-refractivity contribution in [2.45, 2.75) is 59.4 Å². The van der Waals surface area contributed by atoms with Crippen LogP contribution in [-0.2, 0) is 9.53 Å². The van der Waals surface area contributed by atoms with Gasteiger partial charge >= 0.3 is 5.97 Å². The van der Waals surface area contributed by atoms with Crippen molar-refractivity contribution in [1.29, 1.82) is 0 Å². The van der Waals surface area contributed by atoms with E-state index in [4.69, 9.17) is 9.47 Å². The Balaban J connectivity index is 1.50. The number of nitrogens with one attached hydrogen (secondary N) is 2. The fourth-order valence-electron chi connectivity index (χ4n) is 6.07. The molecule has 174 valence electrons. The quantitative estimate of drug-likeness (QED) is 0.615. The minimum absolute atomic E-state index is 0.106. The zero-order valence-corrected chi connectivity index (χ0v) is 19.8. The number of carbonyl (C=O) groups excluding carboxylic acids is 2. The van der Waals surface area contributed by atoms with E-state index in [1.807, 2.05) is 18.2 Å². The van der Waals surface area contributed by atoms with Crippen LogP contribution in [0.3, 0.4) is 0 Å². The lowest BCUT2D eigenvalue weighted by Crippen LogP contribution is -2.35. The molecule has 1 saturated heterocycles. The van der Waals surface area contributed by atoms with Gasteiger partial charge in [0, 0.05) is 36.5 Å². The van der Waals surface area contributed by atoms with Gasteiger partial charge < -0.3 is 19.8 Å². The zero-order chi connectivity index (χ0) is 23.1. The van der Waals surface area contributed by atoms with E-state index >= 15 is 0 Å². The number of aromatic nitrogens is 1. The molecular formula is C25H35N3O4. The molecule has 2 aromatic rings. The lowest BCUT2D eigenvalue weighted by atomic mass is 9.65. The first-order valence-electron chi connectivity index (χ1n) is 11.5. The smallest absolute Gasteiger partial charge is 0.356 e. The lowest BCUT2D eigenvalue weighted by molar-refractivity contribution is -0.116. The molecule has 2 aliphatic rings. The highest BCUT2D eigenvalue weighted by atomic mass is 16.5. The predicted octanol–water partition coefficient (Wildman–Crippen LogP) is 4.58. The summed E-state index contributed by atoms with van der Waals surface area (Å²) in [7, 11) is 1.59. The third kappa shape index (κ3) is 4.49. The van der Waals surface area contributed by atoms with Gasteiger partial charge in [0.2, 0.25) is 5.91 Å². The molecule has 1 aliphatic heterocycles. The lowest BCUT2D eigenvalue weighted by Gasteiger charge is -2.39. The second-order valence-electron chi connectivity index (χ2n) is 10.5. The summed E-state index contributed by atoms with van der Waals surface area (Å²) in [5, 5.41) is 3.71. The Morgan fingerprint density at radius 3 is 2.75 bits per heavy atom. The Morgan fingerprint density at radius 2 is 2.03 bits per heavy atom. The number of amides is 1. The summed E-state index contributed by atoms with van der Waals surface area (Å²) in [6.45, 7) is 10.9. The van der Waals surface area contributed by atoms with E-state index in [-0.39, 0.29) is 18.2 Å². The van der Waals surface area contributed by atoms with Gasteiger partial charge in [-0.2, -0.15) is 0 Å². The van der Waals surface area contributed by atoms with E-state index in [0.29, 0.717) is 34.7 Å². The first-order chi connectivity index (χ1) is 15.1. The van der Waals surface area contributed by atoms with Gasteiger partial charge in [-0.05, 0) is 55.2 Å². The van der Waals surface area contributed by atoms with E-state index in [0.717, 1.165) is 24.0 Å². The Labute approximate surface area is 189 Å². The zero-order valence-electron chi connectivity index (χ0n) is 19.8. The summed E-state index contributed by atoms with van der Waals surface area (Å²) in [6, 6.07) is 6.01. The molecule has 0 radical (unpaired) electrons. The first-order valence-corrected chi connectivity index (χ1v) is 11.5. The van der Waals surface area contributed by atoms with Crippen LogP contribution in [0.1, 0.15) is 63.9 Å². The molecule has 2 unspecified atom stereocenters. The number of benzene rings is 1. The van der Waals surface area contributed by atoms with Gasteiger partial charge in [0.25, 0.3) is 0 Å². The number of rotatable bonds is 7. The third-order valence-corrected chi connectivity index (χ3v) is 6.90. The highest BCUT2D eigenvalue weighted by Crippen LogP contribution is 2.52. The number of esters is 1. The highest BCUT2D eigenvalue weighted by Gasteiger charge is 2.49. The van der Waals surface area contributed by atoms with Crippen molar-refractivity contribution in [2.75, 3.05) is 32.1 Å². The molecule has 1 aliphatic carbocycles. The van der Waals surface area contributed by atoms with Crippen LogP contribution in [0.4, 0.5) is 5.69 Å². The van der Waals surface area contributed by atoms with Gasteiger partial charge in [-0.15, -0.1) is 0 Å². The second kappa shape index (κ2) is 8.43. The van der Waals surface area contributed by atoms with Crippen LogP contribution in [0, 0.1) is 10.8 Å². The maximum Gasteiger partial charge on any atom is 0.356 e. The summed E-state index contributed by atoms with van der Waals surface area (Å²) in [4.78, 5) is 31.1. The van der Waals surface area contributed by atoms with Crippen LogP contribution >= 0.6 is 0 Å². The summed E-state index contributed by atoms with van der Waals surface area (Å²) in [5.74, 6) is 0.0641. The number of fused-ring (bicyclic) bond motifs is 3. The van der Waals surface area contributed by atoms with Gasteiger partial charge in [-0.3, -0.25) is 9.69 Å². The molecule has 1 aromatic heterocycles. The standard InChI is InChI=1S/C25H35N3O4/c1-6-32-23(30)22-21(18-11-17(31-5)7-8-19(18)26-22)27-20(29)9-10-28-15-25(4)13-16(28)12-24(2,3)14-25/h7-8,11,16,26H,6,9-10,12-15H2,1-5H3,(H,27,29). The van der Waals surface area contributed by atoms with Crippen molar-refractivity contribution < 1.29 is 19.1 Å². The molecular weight excluding hydrogens is 406 g/mol. The maximum absolute atomic E-state index is 13.0. The van der Waals surface area contributed by atoms with Gasteiger partial charge in [-0.1, -0.05) is 20.8 Å². The average molecular weight is 442 g/mol. The number of carbonyl (C=O) groups is 2. The second-order valence-corrected chi connectivity index (χ2v) is 10.5. The summed E-state index contributed by atoms with van der Waals surface area (Å²) in [5.41, 5.74) is 2.15. The molecule has 7 nitrogen and oxygen atoms in total. The first kappa shape index (κ1) is 22.6. The Morgan fingerprint density at radius 1 is 1.25 bits per heavy atom. The van der Waals surface area contributed by atoms with Crippen LogP contribution in [0.5, 0.6) is 5.75 Å². The number of ether oxygens (including phenoxy) is 2. The minimum Gasteiger partial charge on any atom is -0.497 e. The number of nitrogens with zero attached hydrogens (tertiary/aromatic N) is 1.